The lowest BCUT2D eigenvalue weighted by molar-refractivity contribution is -0.132. The summed E-state index contributed by atoms with van der Waals surface area (Å²) < 4.78 is 0. The van der Waals surface area contributed by atoms with Gasteiger partial charge >= 0.3 is 0 Å². The van der Waals surface area contributed by atoms with E-state index in [1.54, 1.807) is 0 Å². The van der Waals surface area contributed by atoms with Crippen molar-refractivity contribution in [1.82, 2.24) is 4.90 Å². The molecule has 0 spiro atoms. The quantitative estimate of drug-likeness (QED) is 0.711. The number of rotatable bonds is 8. The van der Waals surface area contributed by atoms with E-state index in [9.17, 15) is 4.79 Å². The molecule has 3 heteroatoms. The smallest absolute Gasteiger partial charge is 0.222 e. The topological polar surface area (TPSA) is 46.3 Å². The predicted octanol–water partition coefficient (Wildman–Crippen LogP) is 2.64. The van der Waals surface area contributed by atoms with E-state index >= 15 is 0 Å². The van der Waals surface area contributed by atoms with Crippen molar-refractivity contribution in [1.29, 1.82) is 0 Å². The Morgan fingerprint density at radius 3 is 2.29 bits per heavy atom. The molecule has 0 aromatic heterocycles. The summed E-state index contributed by atoms with van der Waals surface area (Å²) in [6.45, 7) is 9.23. The molecule has 0 aliphatic rings. The van der Waals surface area contributed by atoms with Gasteiger partial charge in [-0.05, 0) is 38.1 Å². The van der Waals surface area contributed by atoms with Crippen molar-refractivity contribution in [2.75, 3.05) is 13.6 Å². The standard InChI is InChI=1S/C14H30N2O/c1-6-7-12(4)16(5)14(17)9-13(10-15)8-11(2)3/h11-13H,6-10,15H2,1-5H3/t12?,13-/m0/s1. The van der Waals surface area contributed by atoms with E-state index in [1.165, 1.54) is 0 Å². The Labute approximate surface area is 107 Å². The van der Waals surface area contributed by atoms with Crippen molar-refractivity contribution >= 4 is 5.91 Å². The van der Waals surface area contributed by atoms with Gasteiger partial charge in [0.2, 0.25) is 5.91 Å². The second-order valence-corrected chi connectivity index (χ2v) is 5.58. The van der Waals surface area contributed by atoms with Gasteiger partial charge in [0, 0.05) is 19.5 Å². The average Bonchev–Trinajstić information content (AvgIpc) is 2.26. The molecule has 1 unspecified atom stereocenters. The molecule has 3 nitrogen and oxygen atoms in total. The Hall–Kier alpha value is -0.570. The Balaban J connectivity index is 4.20. The van der Waals surface area contributed by atoms with Crippen LogP contribution in [-0.2, 0) is 4.79 Å². The molecule has 2 N–H and O–H groups in total. The number of amides is 1. The average molecular weight is 242 g/mol. The summed E-state index contributed by atoms with van der Waals surface area (Å²) in [5.41, 5.74) is 5.73. The van der Waals surface area contributed by atoms with E-state index < -0.39 is 0 Å². The molecule has 0 bridgehead atoms. The summed E-state index contributed by atoms with van der Waals surface area (Å²) in [4.78, 5) is 14.0. The van der Waals surface area contributed by atoms with Crippen LogP contribution in [0.4, 0.5) is 0 Å². The van der Waals surface area contributed by atoms with Gasteiger partial charge in [-0.3, -0.25) is 4.79 Å². The fraction of sp³-hybridized carbons (Fsp3) is 0.929. The first kappa shape index (κ1) is 16.4. The van der Waals surface area contributed by atoms with E-state index in [2.05, 4.69) is 27.7 Å². The van der Waals surface area contributed by atoms with Gasteiger partial charge in [-0.25, -0.2) is 0 Å². The molecule has 0 radical (unpaired) electrons. The zero-order valence-corrected chi connectivity index (χ0v) is 12.2. The lowest BCUT2D eigenvalue weighted by atomic mass is 9.93. The molecular formula is C14H30N2O. The zero-order valence-electron chi connectivity index (χ0n) is 12.2. The van der Waals surface area contributed by atoms with Crippen LogP contribution in [0, 0.1) is 11.8 Å². The maximum atomic E-state index is 12.1. The molecule has 0 rings (SSSR count). The van der Waals surface area contributed by atoms with E-state index in [0.29, 0.717) is 30.8 Å². The monoisotopic (exact) mass is 242 g/mol. The van der Waals surface area contributed by atoms with Gasteiger partial charge in [-0.1, -0.05) is 27.2 Å². The van der Waals surface area contributed by atoms with Crippen LogP contribution >= 0.6 is 0 Å². The van der Waals surface area contributed by atoms with Gasteiger partial charge in [0.15, 0.2) is 0 Å². The third-order valence-electron chi connectivity index (χ3n) is 3.36. The summed E-state index contributed by atoms with van der Waals surface area (Å²) in [6.07, 6.45) is 3.82. The zero-order chi connectivity index (χ0) is 13.4. The lowest BCUT2D eigenvalue weighted by Gasteiger charge is -2.27. The number of hydrogen-bond acceptors (Lipinski definition) is 2. The van der Waals surface area contributed by atoms with Crippen LogP contribution in [0.5, 0.6) is 0 Å². The van der Waals surface area contributed by atoms with E-state index in [-0.39, 0.29) is 5.91 Å². The highest BCUT2D eigenvalue weighted by atomic mass is 16.2. The first-order chi connectivity index (χ1) is 7.92. The SMILES string of the molecule is CCCC(C)N(C)C(=O)C[C@@H](CN)CC(C)C. The number of hydrogen-bond donors (Lipinski definition) is 1. The van der Waals surface area contributed by atoms with Crippen molar-refractivity contribution in [3.8, 4) is 0 Å². The van der Waals surface area contributed by atoms with Crippen molar-refractivity contribution in [2.45, 2.75) is 59.4 Å². The normalized spacial score (nSPS) is 14.8. The summed E-state index contributed by atoms with van der Waals surface area (Å²) in [7, 11) is 1.91. The molecule has 0 saturated carbocycles. The van der Waals surface area contributed by atoms with E-state index in [0.717, 1.165) is 19.3 Å². The molecule has 0 fully saturated rings. The number of nitrogens with two attached hydrogens (primary N) is 1. The fourth-order valence-electron chi connectivity index (χ4n) is 2.18. The van der Waals surface area contributed by atoms with Crippen molar-refractivity contribution < 1.29 is 4.79 Å². The summed E-state index contributed by atoms with van der Waals surface area (Å²) in [6, 6.07) is 0.338. The summed E-state index contributed by atoms with van der Waals surface area (Å²) in [5, 5.41) is 0. The molecule has 0 aromatic rings. The van der Waals surface area contributed by atoms with Crippen molar-refractivity contribution in [3.63, 3.8) is 0 Å². The highest BCUT2D eigenvalue weighted by molar-refractivity contribution is 5.76. The molecule has 0 aromatic carbocycles. The van der Waals surface area contributed by atoms with Gasteiger partial charge in [0.05, 0.1) is 0 Å². The second-order valence-electron chi connectivity index (χ2n) is 5.58. The summed E-state index contributed by atoms with van der Waals surface area (Å²) in [5.74, 6) is 1.18. The maximum Gasteiger partial charge on any atom is 0.222 e. The Morgan fingerprint density at radius 2 is 1.88 bits per heavy atom. The van der Waals surface area contributed by atoms with Crippen LogP contribution in [-0.4, -0.2) is 30.4 Å². The molecule has 0 aliphatic heterocycles. The lowest BCUT2D eigenvalue weighted by Crippen LogP contribution is -2.37. The van der Waals surface area contributed by atoms with Gasteiger partial charge in [0.1, 0.15) is 0 Å². The minimum absolute atomic E-state index is 0.238. The molecular weight excluding hydrogens is 212 g/mol. The highest BCUT2D eigenvalue weighted by Gasteiger charge is 2.19. The molecule has 2 atom stereocenters. The van der Waals surface area contributed by atoms with Gasteiger partial charge in [-0.15, -0.1) is 0 Å². The highest BCUT2D eigenvalue weighted by Crippen LogP contribution is 2.16. The first-order valence-electron chi connectivity index (χ1n) is 6.88. The number of carbonyl (C=O) groups is 1. The minimum atomic E-state index is 0.238. The fourth-order valence-corrected chi connectivity index (χ4v) is 2.18. The summed E-state index contributed by atoms with van der Waals surface area (Å²) >= 11 is 0. The Kier molecular flexibility index (Phi) is 8.23. The van der Waals surface area contributed by atoms with Crippen LogP contribution in [0.2, 0.25) is 0 Å². The number of carbonyl (C=O) groups excluding carboxylic acids is 1. The second kappa shape index (κ2) is 8.51. The van der Waals surface area contributed by atoms with Gasteiger partial charge < -0.3 is 10.6 Å². The minimum Gasteiger partial charge on any atom is -0.343 e. The van der Waals surface area contributed by atoms with Crippen LogP contribution < -0.4 is 5.73 Å². The van der Waals surface area contributed by atoms with Crippen LogP contribution in [0.25, 0.3) is 0 Å². The van der Waals surface area contributed by atoms with Crippen LogP contribution in [0.15, 0.2) is 0 Å². The number of nitrogens with zero attached hydrogens (tertiary/aromatic N) is 1. The third-order valence-corrected chi connectivity index (χ3v) is 3.36. The van der Waals surface area contributed by atoms with Gasteiger partial charge in [-0.2, -0.15) is 0 Å². The third kappa shape index (κ3) is 6.67. The van der Waals surface area contributed by atoms with Crippen LogP contribution in [0.3, 0.4) is 0 Å². The first-order valence-corrected chi connectivity index (χ1v) is 6.88. The van der Waals surface area contributed by atoms with Crippen molar-refractivity contribution in [3.05, 3.63) is 0 Å². The molecule has 0 heterocycles. The predicted molar refractivity (Wildman–Crippen MR) is 73.8 cm³/mol. The van der Waals surface area contributed by atoms with Crippen molar-refractivity contribution in [2.24, 2.45) is 17.6 Å². The van der Waals surface area contributed by atoms with E-state index in [4.69, 9.17) is 5.73 Å². The molecule has 1 amide bonds. The molecule has 0 aliphatic carbocycles. The maximum absolute atomic E-state index is 12.1. The van der Waals surface area contributed by atoms with Crippen LogP contribution in [0.1, 0.15) is 53.4 Å². The van der Waals surface area contributed by atoms with Gasteiger partial charge in [0.25, 0.3) is 0 Å². The Bertz CT molecular complexity index is 216. The molecule has 102 valence electrons. The largest absolute Gasteiger partial charge is 0.343 e. The Morgan fingerprint density at radius 1 is 1.29 bits per heavy atom. The van der Waals surface area contributed by atoms with E-state index in [1.807, 2.05) is 11.9 Å². The molecule has 17 heavy (non-hydrogen) atoms. The molecule has 0 saturated heterocycles.